The Bertz CT molecular complexity index is 3010. The molecule has 0 amide bonds. The number of methoxy groups -OCH3 is 3. The molecular weight excluding hydrogens is 906 g/mol. The van der Waals surface area contributed by atoms with Gasteiger partial charge in [-0.25, -0.2) is 40.7 Å². The Labute approximate surface area is 373 Å². The van der Waals surface area contributed by atoms with Crippen LogP contribution in [-0.4, -0.2) is 56.6 Å². The van der Waals surface area contributed by atoms with Crippen LogP contribution in [-0.2, 0) is 35.0 Å². The Kier molecular flexibility index (Phi) is 17.4. The molecule has 0 N–H and O–H groups in total. The van der Waals surface area contributed by atoms with Crippen LogP contribution in [0.3, 0.4) is 0 Å². The lowest BCUT2D eigenvalue weighted by Crippen LogP contribution is -2.16. The van der Waals surface area contributed by atoms with Crippen molar-refractivity contribution < 1.29 is 82.6 Å². The highest BCUT2D eigenvalue weighted by molar-refractivity contribution is 6.01. The fraction of sp³-hybridized carbons (Fsp3) is 0.283. The van der Waals surface area contributed by atoms with E-state index in [9.17, 15) is 69.5 Å². The molecule has 3 aromatic carbocycles. The number of ketones is 3. The number of fused-ring (bicyclic) bond motifs is 3. The highest BCUT2D eigenvalue weighted by atomic mass is 19.2. The molecule has 3 heterocycles. The van der Waals surface area contributed by atoms with Crippen LogP contribution in [0.15, 0.2) is 64.0 Å². The zero-order valence-corrected chi connectivity index (χ0v) is 36.3. The van der Waals surface area contributed by atoms with Gasteiger partial charge in [-0.3, -0.25) is 28.8 Å². The fourth-order valence-electron chi connectivity index (χ4n) is 6.07. The van der Waals surface area contributed by atoms with Crippen molar-refractivity contribution in [1.29, 1.82) is 0 Å². The molecule has 21 heteroatoms. The molecule has 0 saturated heterocycles. The number of hydrogen-bond donors (Lipinski definition) is 0. The van der Waals surface area contributed by atoms with E-state index in [1.165, 1.54) is 35.2 Å². The van der Waals surface area contributed by atoms with Crippen molar-refractivity contribution in [3.05, 3.63) is 136 Å². The lowest BCUT2D eigenvalue weighted by molar-refractivity contribution is -0.141. The topological polar surface area (TPSA) is 221 Å². The molecule has 6 rings (SSSR count). The third kappa shape index (κ3) is 12.2. The lowest BCUT2D eigenvalue weighted by Gasteiger charge is -2.06. The normalized spacial score (nSPS) is 10.7. The van der Waals surface area contributed by atoms with Gasteiger partial charge in [0, 0.05) is 52.1 Å². The van der Waals surface area contributed by atoms with Crippen LogP contribution in [0.4, 0.5) is 26.3 Å². The molecule has 0 saturated carbocycles. The van der Waals surface area contributed by atoms with Crippen LogP contribution in [0.1, 0.15) is 93.2 Å². The summed E-state index contributed by atoms with van der Waals surface area (Å²) in [6, 6.07) is 6.17. The van der Waals surface area contributed by atoms with Crippen LogP contribution in [0.5, 0.6) is 0 Å². The van der Waals surface area contributed by atoms with Crippen molar-refractivity contribution in [1.82, 2.24) is 0 Å². The van der Waals surface area contributed by atoms with Crippen molar-refractivity contribution >= 4 is 68.2 Å². The Morgan fingerprint density at radius 3 is 1.01 bits per heavy atom. The molecule has 0 fully saturated rings. The molecule has 67 heavy (non-hydrogen) atoms. The number of rotatable bonds is 13. The smallest absolute Gasteiger partial charge is 0.347 e. The van der Waals surface area contributed by atoms with E-state index in [4.69, 9.17) is 13.3 Å². The van der Waals surface area contributed by atoms with Gasteiger partial charge in [0.05, 0.1) is 40.6 Å². The van der Waals surface area contributed by atoms with Crippen molar-refractivity contribution in [2.24, 2.45) is 0 Å². The molecular formula is C46H38F6O15. The minimum atomic E-state index is -1.03. The highest BCUT2D eigenvalue weighted by Crippen LogP contribution is 2.26. The molecule has 0 spiro atoms. The summed E-state index contributed by atoms with van der Waals surface area (Å²) in [7, 11) is 3.52. The summed E-state index contributed by atoms with van der Waals surface area (Å²) in [6.45, 7) is 3.98. The molecule has 0 radical (unpaired) electrons. The maximum Gasteiger partial charge on any atom is 0.347 e. The number of halogens is 6. The van der Waals surface area contributed by atoms with Gasteiger partial charge in [0.15, 0.2) is 51.6 Å². The molecule has 0 bridgehead atoms. The Hall–Kier alpha value is -7.71. The molecule has 0 unspecified atom stereocenters. The van der Waals surface area contributed by atoms with Gasteiger partial charge in [0.1, 0.15) is 34.1 Å². The number of carbonyl (C=O) groups is 6. The van der Waals surface area contributed by atoms with Crippen molar-refractivity contribution in [3.63, 3.8) is 0 Å². The molecule has 0 aliphatic heterocycles. The summed E-state index contributed by atoms with van der Waals surface area (Å²) in [6.07, 6.45) is -1.31. The van der Waals surface area contributed by atoms with Crippen molar-refractivity contribution in [2.75, 3.05) is 21.3 Å². The molecule has 354 valence electrons. The van der Waals surface area contributed by atoms with Gasteiger partial charge in [-0.15, -0.1) is 0 Å². The van der Waals surface area contributed by atoms with Gasteiger partial charge in [0.2, 0.25) is 0 Å². The fourth-order valence-corrected chi connectivity index (χ4v) is 6.07. The Morgan fingerprint density at radius 1 is 0.448 bits per heavy atom. The summed E-state index contributed by atoms with van der Waals surface area (Å²) in [5.41, 5.74) is -6.13. The van der Waals surface area contributed by atoms with E-state index in [1.807, 2.05) is 0 Å². The second kappa shape index (κ2) is 22.5. The largest absolute Gasteiger partial charge is 0.469 e. The summed E-state index contributed by atoms with van der Waals surface area (Å²) < 4.78 is 110. The maximum absolute atomic E-state index is 14.1. The van der Waals surface area contributed by atoms with Crippen LogP contribution in [0.25, 0.3) is 32.9 Å². The van der Waals surface area contributed by atoms with Crippen molar-refractivity contribution in [3.8, 4) is 0 Å². The second-order valence-electron chi connectivity index (χ2n) is 14.2. The van der Waals surface area contributed by atoms with E-state index < -0.39 is 104 Å². The van der Waals surface area contributed by atoms with E-state index in [-0.39, 0.29) is 94.5 Å². The van der Waals surface area contributed by atoms with E-state index in [0.717, 1.165) is 36.4 Å². The number of Topliss-reactive ketones (excluding diaryl/α,β-unsaturated/α-hetero) is 3. The van der Waals surface area contributed by atoms with Gasteiger partial charge in [-0.05, 0) is 56.7 Å². The van der Waals surface area contributed by atoms with Crippen LogP contribution < -0.4 is 16.9 Å². The average molecular weight is 945 g/mol. The Balaban J connectivity index is 0.000000219. The first-order valence-electron chi connectivity index (χ1n) is 19.7. The monoisotopic (exact) mass is 944 g/mol. The van der Waals surface area contributed by atoms with E-state index in [0.29, 0.717) is 0 Å². The first-order chi connectivity index (χ1) is 31.6. The van der Waals surface area contributed by atoms with Gasteiger partial charge in [-0.1, -0.05) is 6.92 Å². The quantitative estimate of drug-likeness (QED) is 0.0354. The first-order valence-corrected chi connectivity index (χ1v) is 19.7. The number of benzene rings is 3. The summed E-state index contributed by atoms with van der Waals surface area (Å²) in [4.78, 5) is 104. The SMILES string of the molecule is CCc1c(F)cc2cc(C(=O)CCC(=O)OC)c(=O)oc2c1F.COC(=O)CCC(=O)c1cc2cc(F)c(C)c(F)c2oc1=O.COC(=O)CCC(=O)c1cc2cc(F)c(C)c(F)c2oc1=O. The zero-order chi connectivity index (χ0) is 50.0. The summed E-state index contributed by atoms with van der Waals surface area (Å²) in [5.74, 6) is -9.13. The zero-order valence-electron chi connectivity index (χ0n) is 36.3. The van der Waals surface area contributed by atoms with Gasteiger partial charge in [-0.2, -0.15) is 0 Å². The minimum Gasteiger partial charge on any atom is -0.469 e. The molecule has 0 atom stereocenters. The number of hydrogen-bond acceptors (Lipinski definition) is 15. The first kappa shape index (κ1) is 51.9. The second-order valence-corrected chi connectivity index (χ2v) is 14.2. The molecule has 6 aromatic rings. The van der Waals surface area contributed by atoms with E-state index in [2.05, 4.69) is 14.2 Å². The lowest BCUT2D eigenvalue weighted by atomic mass is 10.0. The van der Waals surface area contributed by atoms with Gasteiger partial charge in [0.25, 0.3) is 0 Å². The predicted octanol–water partition coefficient (Wildman–Crippen LogP) is 7.80. The molecule has 0 aliphatic rings. The third-order valence-corrected chi connectivity index (χ3v) is 9.91. The predicted molar refractivity (Wildman–Crippen MR) is 223 cm³/mol. The number of ether oxygens (including phenoxy) is 3. The van der Waals surface area contributed by atoms with E-state index >= 15 is 0 Å². The summed E-state index contributed by atoms with van der Waals surface area (Å²) in [5, 5.41) is -0.110. The number of carbonyl (C=O) groups excluding carboxylic acids is 6. The molecule has 15 nitrogen and oxygen atoms in total. The highest BCUT2D eigenvalue weighted by Gasteiger charge is 2.23. The van der Waals surface area contributed by atoms with E-state index in [1.54, 1.807) is 6.92 Å². The maximum atomic E-state index is 14.1. The van der Waals surface area contributed by atoms with Gasteiger partial charge < -0.3 is 27.5 Å². The van der Waals surface area contributed by atoms with Crippen molar-refractivity contribution in [2.45, 2.75) is 65.7 Å². The van der Waals surface area contributed by atoms with Crippen LogP contribution in [0.2, 0.25) is 0 Å². The number of esters is 3. The van der Waals surface area contributed by atoms with Gasteiger partial charge >= 0.3 is 34.8 Å². The van der Waals surface area contributed by atoms with Crippen LogP contribution >= 0.6 is 0 Å². The third-order valence-electron chi connectivity index (χ3n) is 9.91. The summed E-state index contributed by atoms with van der Waals surface area (Å²) >= 11 is 0. The molecule has 3 aromatic heterocycles. The standard InChI is InChI=1S/C16H14F2O5.2C15H12F2O5/c1-3-9-11(17)7-8-6-10(12(19)4-5-13(20)22-2)16(21)23-15(8)14(9)18;2*1-7-10(16)6-8-5-9(11(18)3-4-12(19)21-2)15(20)22-14(8)13(7)17/h6-7H,3-5H2,1-2H3;2*5-6H,3-4H2,1-2H3. The van der Waals surface area contributed by atoms with Crippen LogP contribution in [0, 0.1) is 48.8 Å². The minimum absolute atomic E-state index is 0.0294. The average Bonchev–Trinajstić information content (AvgIpc) is 3.30. The molecule has 0 aliphatic carbocycles. The Morgan fingerprint density at radius 2 is 0.731 bits per heavy atom.